The molecule has 0 aromatic carbocycles. The molecule has 2 rings (SSSR count). The summed E-state index contributed by atoms with van der Waals surface area (Å²) in [4.78, 5) is 6.88. The minimum atomic E-state index is 0.875. The van der Waals surface area contributed by atoms with Crippen molar-refractivity contribution in [1.82, 2.24) is 19.6 Å². The summed E-state index contributed by atoms with van der Waals surface area (Å²) in [6.07, 6.45) is 4.04. The maximum atomic E-state index is 4.41. The number of hydrogen-bond acceptors (Lipinski definition) is 3. The van der Waals surface area contributed by atoms with Gasteiger partial charge in [-0.25, -0.2) is 4.98 Å². The Morgan fingerprint density at radius 1 is 1.29 bits per heavy atom. The summed E-state index contributed by atoms with van der Waals surface area (Å²) < 4.78 is 1.89. The molecule has 0 bridgehead atoms. The van der Waals surface area contributed by atoms with Gasteiger partial charge in [0.25, 0.3) is 7.98 Å². The monoisotopic (exact) mass is 192 g/mol. The van der Waals surface area contributed by atoms with E-state index in [-0.39, 0.29) is 0 Å². The second-order valence-electron chi connectivity index (χ2n) is 4.04. The van der Waals surface area contributed by atoms with Crippen molar-refractivity contribution in [2.24, 2.45) is 0 Å². The molecule has 1 saturated heterocycles. The number of likely N-dealkylation sites (tertiary alicyclic amines) is 1. The molecular formula is C9H17BN4. The predicted molar refractivity (Wildman–Crippen MR) is 57.8 cm³/mol. The Balaban J connectivity index is 1.98. The van der Waals surface area contributed by atoms with Gasteiger partial charge in [-0.2, -0.15) is 5.10 Å². The Morgan fingerprint density at radius 3 is 2.57 bits per heavy atom. The van der Waals surface area contributed by atoms with E-state index in [1.54, 1.807) is 0 Å². The first-order chi connectivity index (χ1) is 6.75. The molecule has 0 spiro atoms. The van der Waals surface area contributed by atoms with Crippen LogP contribution in [0, 0.1) is 6.92 Å². The molecule has 1 aromatic heterocycles. The molecule has 1 aliphatic rings. The summed E-state index contributed by atoms with van der Waals surface area (Å²) >= 11 is 0. The maximum Gasteiger partial charge on any atom is 0.251 e. The van der Waals surface area contributed by atoms with Crippen LogP contribution in [0.5, 0.6) is 0 Å². The Kier molecular flexibility index (Phi) is 2.86. The van der Waals surface area contributed by atoms with Crippen LogP contribution in [-0.4, -0.2) is 40.6 Å². The molecule has 0 unspecified atom stereocenters. The Morgan fingerprint density at radius 2 is 2.00 bits per heavy atom. The third kappa shape index (κ3) is 2.15. The summed E-state index contributed by atoms with van der Waals surface area (Å²) in [6, 6.07) is 0. The van der Waals surface area contributed by atoms with Crippen LogP contribution in [-0.2, 0) is 6.54 Å². The third-order valence-electron chi connectivity index (χ3n) is 2.77. The fourth-order valence-electron chi connectivity index (χ4n) is 2.01. The van der Waals surface area contributed by atoms with E-state index < -0.39 is 0 Å². The predicted octanol–water partition coefficient (Wildman–Crippen LogP) is -0.0314. The molecule has 0 N–H and O–H groups in total. The van der Waals surface area contributed by atoms with Gasteiger partial charge < -0.3 is 4.59 Å². The normalized spacial score (nSPS) is 18.6. The standard InChI is InChI=1S/C9H17BN4/c1-8-11-9(14(10)12-8)7-13-5-3-2-4-6-13/h2-7,10H2,1H3. The number of aryl methyl sites for hydroxylation is 1. The molecule has 5 heteroatoms. The van der Waals surface area contributed by atoms with Crippen molar-refractivity contribution >= 4 is 7.98 Å². The van der Waals surface area contributed by atoms with Crippen LogP contribution in [0.4, 0.5) is 0 Å². The van der Waals surface area contributed by atoms with Crippen LogP contribution in [0.25, 0.3) is 0 Å². The van der Waals surface area contributed by atoms with Crippen molar-refractivity contribution < 1.29 is 0 Å². The maximum absolute atomic E-state index is 4.41. The molecule has 76 valence electrons. The van der Waals surface area contributed by atoms with E-state index >= 15 is 0 Å². The smallest absolute Gasteiger partial charge is 0.251 e. The highest BCUT2D eigenvalue weighted by Gasteiger charge is 2.13. The van der Waals surface area contributed by atoms with E-state index in [1.807, 2.05) is 19.5 Å². The lowest BCUT2D eigenvalue weighted by atomic mass is 10.1. The summed E-state index contributed by atoms with van der Waals surface area (Å²) in [5, 5.41) is 4.26. The van der Waals surface area contributed by atoms with Crippen LogP contribution in [0.1, 0.15) is 30.9 Å². The van der Waals surface area contributed by atoms with Gasteiger partial charge in [0.15, 0.2) is 0 Å². The van der Waals surface area contributed by atoms with Gasteiger partial charge in [0.1, 0.15) is 11.6 Å². The van der Waals surface area contributed by atoms with Crippen molar-refractivity contribution in [3.8, 4) is 0 Å². The minimum Gasteiger partial charge on any atom is -0.305 e. The van der Waals surface area contributed by atoms with Crippen LogP contribution in [0.15, 0.2) is 0 Å². The summed E-state index contributed by atoms with van der Waals surface area (Å²) in [5.41, 5.74) is 0. The molecule has 0 aliphatic carbocycles. The first-order valence-corrected chi connectivity index (χ1v) is 5.34. The van der Waals surface area contributed by atoms with Gasteiger partial charge in [0.2, 0.25) is 0 Å². The lowest BCUT2D eigenvalue weighted by Gasteiger charge is -2.25. The zero-order valence-corrected chi connectivity index (χ0v) is 9.03. The Hall–Kier alpha value is -0.835. The number of nitrogens with zero attached hydrogens (tertiary/aromatic N) is 4. The zero-order valence-electron chi connectivity index (χ0n) is 9.03. The lowest BCUT2D eigenvalue weighted by Crippen LogP contribution is -2.30. The van der Waals surface area contributed by atoms with E-state index in [1.165, 1.54) is 32.4 Å². The fourth-order valence-corrected chi connectivity index (χ4v) is 2.01. The van der Waals surface area contributed by atoms with Crippen molar-refractivity contribution in [1.29, 1.82) is 0 Å². The Bertz CT molecular complexity index is 304. The topological polar surface area (TPSA) is 34.0 Å². The van der Waals surface area contributed by atoms with Gasteiger partial charge >= 0.3 is 0 Å². The highest BCUT2D eigenvalue weighted by Crippen LogP contribution is 2.11. The molecule has 4 nitrogen and oxygen atoms in total. The zero-order chi connectivity index (χ0) is 9.97. The second-order valence-corrected chi connectivity index (χ2v) is 4.04. The van der Waals surface area contributed by atoms with Crippen molar-refractivity contribution in [2.45, 2.75) is 32.7 Å². The molecular weight excluding hydrogens is 175 g/mol. The molecule has 1 aliphatic heterocycles. The van der Waals surface area contributed by atoms with E-state index in [9.17, 15) is 0 Å². The molecule has 0 amide bonds. The van der Waals surface area contributed by atoms with Crippen LogP contribution >= 0.6 is 0 Å². The lowest BCUT2D eigenvalue weighted by molar-refractivity contribution is 0.215. The van der Waals surface area contributed by atoms with Crippen LogP contribution < -0.4 is 0 Å². The largest absolute Gasteiger partial charge is 0.305 e. The molecule has 0 atom stereocenters. The van der Waals surface area contributed by atoms with Gasteiger partial charge in [-0.15, -0.1) is 0 Å². The average molecular weight is 192 g/mol. The van der Waals surface area contributed by atoms with Crippen molar-refractivity contribution in [2.75, 3.05) is 13.1 Å². The quantitative estimate of drug-likeness (QED) is 0.617. The van der Waals surface area contributed by atoms with Gasteiger partial charge in [0.05, 0.1) is 6.54 Å². The van der Waals surface area contributed by atoms with Gasteiger partial charge in [-0.05, 0) is 32.9 Å². The van der Waals surface area contributed by atoms with Gasteiger partial charge in [-0.3, -0.25) is 4.90 Å². The summed E-state index contributed by atoms with van der Waals surface area (Å²) in [6.45, 7) is 5.33. The average Bonchev–Trinajstić information content (AvgIpc) is 2.47. The molecule has 0 saturated carbocycles. The summed E-state index contributed by atoms with van der Waals surface area (Å²) in [7, 11) is 1.97. The molecule has 1 aromatic rings. The molecule has 2 heterocycles. The first kappa shape index (κ1) is 9.71. The highest BCUT2D eigenvalue weighted by molar-refractivity contribution is 6.06. The Labute approximate surface area is 85.7 Å². The van der Waals surface area contributed by atoms with Crippen molar-refractivity contribution in [3.63, 3.8) is 0 Å². The number of rotatable bonds is 2. The molecule has 14 heavy (non-hydrogen) atoms. The van der Waals surface area contributed by atoms with E-state index in [0.717, 1.165) is 18.2 Å². The molecule has 1 fully saturated rings. The minimum absolute atomic E-state index is 0.875. The first-order valence-electron chi connectivity index (χ1n) is 5.34. The highest BCUT2D eigenvalue weighted by atomic mass is 15.3. The van der Waals surface area contributed by atoms with Gasteiger partial charge in [0, 0.05) is 0 Å². The third-order valence-corrected chi connectivity index (χ3v) is 2.77. The van der Waals surface area contributed by atoms with Crippen LogP contribution in [0.3, 0.4) is 0 Å². The SMILES string of the molecule is Bn1nc(C)nc1CN1CCCCC1. The molecule has 0 radical (unpaired) electrons. The second kappa shape index (κ2) is 4.13. The van der Waals surface area contributed by atoms with Crippen molar-refractivity contribution in [3.05, 3.63) is 11.6 Å². The number of piperidine rings is 1. The number of hydrogen-bond donors (Lipinski definition) is 0. The van der Waals surface area contributed by atoms with Crippen LogP contribution in [0.2, 0.25) is 0 Å². The number of aromatic nitrogens is 3. The fraction of sp³-hybridized carbons (Fsp3) is 0.778. The summed E-state index contributed by atoms with van der Waals surface area (Å²) in [5.74, 6) is 1.96. The van der Waals surface area contributed by atoms with Gasteiger partial charge in [-0.1, -0.05) is 6.42 Å². The van der Waals surface area contributed by atoms with E-state index in [4.69, 9.17) is 0 Å². The van der Waals surface area contributed by atoms with E-state index in [2.05, 4.69) is 15.0 Å². The van der Waals surface area contributed by atoms with E-state index in [0.29, 0.717) is 0 Å².